The molecule has 2 unspecified atom stereocenters. The van der Waals surface area contributed by atoms with E-state index in [9.17, 15) is 0 Å². The van der Waals surface area contributed by atoms with Crippen LogP contribution in [0.1, 0.15) is 23.7 Å². The molecule has 1 aliphatic rings. The molecule has 94 valence electrons. The molecule has 1 saturated heterocycles. The third-order valence-electron chi connectivity index (χ3n) is 3.23. The summed E-state index contributed by atoms with van der Waals surface area (Å²) in [5, 5.41) is 0. The van der Waals surface area contributed by atoms with E-state index >= 15 is 0 Å². The van der Waals surface area contributed by atoms with Crippen molar-refractivity contribution >= 4 is 22.6 Å². The first-order valence-corrected chi connectivity index (χ1v) is 7.64. The monoisotopic (exact) mass is 346 g/mol. The van der Waals surface area contributed by atoms with Crippen LogP contribution in [0, 0.1) is 12.8 Å². The van der Waals surface area contributed by atoms with Crippen LogP contribution in [0.15, 0.2) is 24.3 Å². The maximum absolute atomic E-state index is 6.05. The van der Waals surface area contributed by atoms with Gasteiger partial charge in [0, 0.05) is 17.0 Å². The standard InChI is InChI=1S/C14H19IO2/c1-11-4-2-3-5-13(11)14(8-15)17-10-12-6-7-16-9-12/h2-5,12,14H,6-10H2,1H3. The lowest BCUT2D eigenvalue weighted by Crippen LogP contribution is -2.15. The van der Waals surface area contributed by atoms with E-state index in [4.69, 9.17) is 9.47 Å². The van der Waals surface area contributed by atoms with Crippen LogP contribution >= 0.6 is 22.6 Å². The molecule has 0 N–H and O–H groups in total. The summed E-state index contributed by atoms with van der Waals surface area (Å²) >= 11 is 2.40. The first-order chi connectivity index (χ1) is 8.31. The highest BCUT2D eigenvalue weighted by Crippen LogP contribution is 2.25. The quantitative estimate of drug-likeness (QED) is 0.600. The van der Waals surface area contributed by atoms with Crippen molar-refractivity contribution in [3.05, 3.63) is 35.4 Å². The van der Waals surface area contributed by atoms with Crippen LogP contribution in [0.5, 0.6) is 0 Å². The molecule has 17 heavy (non-hydrogen) atoms. The lowest BCUT2D eigenvalue weighted by atomic mass is 10.0. The van der Waals surface area contributed by atoms with Gasteiger partial charge in [0.1, 0.15) is 0 Å². The molecule has 0 radical (unpaired) electrons. The molecule has 0 aliphatic carbocycles. The predicted molar refractivity (Wildman–Crippen MR) is 77.7 cm³/mol. The minimum atomic E-state index is 0.220. The number of hydrogen-bond acceptors (Lipinski definition) is 2. The zero-order valence-corrected chi connectivity index (χ0v) is 12.4. The zero-order chi connectivity index (χ0) is 12.1. The lowest BCUT2D eigenvalue weighted by Gasteiger charge is -2.19. The van der Waals surface area contributed by atoms with Crippen molar-refractivity contribution < 1.29 is 9.47 Å². The Morgan fingerprint density at radius 1 is 1.47 bits per heavy atom. The van der Waals surface area contributed by atoms with Crippen LogP contribution in [0.4, 0.5) is 0 Å². The van der Waals surface area contributed by atoms with E-state index in [0.29, 0.717) is 5.92 Å². The SMILES string of the molecule is Cc1ccccc1C(CI)OCC1CCOC1. The Labute approximate surface area is 117 Å². The molecule has 0 saturated carbocycles. The molecule has 0 aromatic heterocycles. The molecule has 1 aromatic rings. The number of ether oxygens (including phenoxy) is 2. The van der Waals surface area contributed by atoms with Gasteiger partial charge < -0.3 is 9.47 Å². The summed E-state index contributed by atoms with van der Waals surface area (Å²) in [6.45, 7) is 4.73. The Hall–Kier alpha value is -0.130. The smallest absolute Gasteiger partial charge is 0.0916 e. The summed E-state index contributed by atoms with van der Waals surface area (Å²) in [5.74, 6) is 0.587. The molecule has 3 heteroatoms. The van der Waals surface area contributed by atoms with Crippen molar-refractivity contribution in [1.29, 1.82) is 0 Å². The van der Waals surface area contributed by atoms with Crippen molar-refractivity contribution in [2.45, 2.75) is 19.4 Å². The Kier molecular flexibility index (Phi) is 5.25. The van der Waals surface area contributed by atoms with Gasteiger partial charge in [-0.25, -0.2) is 0 Å². The van der Waals surface area contributed by atoms with E-state index < -0.39 is 0 Å². The minimum absolute atomic E-state index is 0.220. The van der Waals surface area contributed by atoms with Gasteiger partial charge in [0.2, 0.25) is 0 Å². The molecule has 1 fully saturated rings. The van der Waals surface area contributed by atoms with E-state index in [1.54, 1.807) is 0 Å². The molecule has 2 rings (SSSR count). The van der Waals surface area contributed by atoms with E-state index in [2.05, 4.69) is 53.8 Å². The highest BCUT2D eigenvalue weighted by Gasteiger charge is 2.19. The number of alkyl halides is 1. The second-order valence-electron chi connectivity index (χ2n) is 4.56. The Balaban J connectivity index is 1.94. The van der Waals surface area contributed by atoms with Crippen LogP contribution in [0.2, 0.25) is 0 Å². The molecular weight excluding hydrogens is 327 g/mol. The molecule has 1 aromatic carbocycles. The number of benzene rings is 1. The van der Waals surface area contributed by atoms with E-state index in [-0.39, 0.29) is 6.10 Å². The molecule has 2 nitrogen and oxygen atoms in total. The van der Waals surface area contributed by atoms with Crippen molar-refractivity contribution in [3.8, 4) is 0 Å². The largest absolute Gasteiger partial charge is 0.381 e. The Bertz CT molecular complexity index is 348. The average Bonchev–Trinajstić information content (AvgIpc) is 2.85. The summed E-state index contributed by atoms with van der Waals surface area (Å²) < 4.78 is 12.4. The third-order valence-corrected chi connectivity index (χ3v) is 4.03. The zero-order valence-electron chi connectivity index (χ0n) is 10.2. The van der Waals surface area contributed by atoms with Crippen molar-refractivity contribution in [3.63, 3.8) is 0 Å². The van der Waals surface area contributed by atoms with Gasteiger partial charge in [-0.3, -0.25) is 0 Å². The molecule has 0 amide bonds. The van der Waals surface area contributed by atoms with Crippen LogP contribution < -0.4 is 0 Å². The van der Waals surface area contributed by atoms with Crippen LogP contribution in [-0.2, 0) is 9.47 Å². The molecule has 1 heterocycles. The molecule has 2 atom stereocenters. The second kappa shape index (κ2) is 6.71. The summed E-state index contributed by atoms with van der Waals surface area (Å²) in [7, 11) is 0. The normalized spacial score (nSPS) is 21.6. The second-order valence-corrected chi connectivity index (χ2v) is 5.44. The van der Waals surface area contributed by atoms with Gasteiger partial charge >= 0.3 is 0 Å². The van der Waals surface area contributed by atoms with Gasteiger partial charge in [-0.15, -0.1) is 0 Å². The molecule has 0 bridgehead atoms. The summed E-state index contributed by atoms with van der Waals surface area (Å²) in [4.78, 5) is 0. The van der Waals surface area contributed by atoms with E-state index in [1.807, 2.05) is 0 Å². The summed E-state index contributed by atoms with van der Waals surface area (Å²) in [6.07, 6.45) is 1.36. The minimum Gasteiger partial charge on any atom is -0.381 e. The molecule has 1 aliphatic heterocycles. The fraction of sp³-hybridized carbons (Fsp3) is 0.571. The number of aryl methyl sites for hydroxylation is 1. The molecular formula is C14H19IO2. The number of halogens is 1. The number of hydrogen-bond donors (Lipinski definition) is 0. The van der Waals surface area contributed by atoms with Gasteiger partial charge in [-0.05, 0) is 24.5 Å². The van der Waals surface area contributed by atoms with Crippen LogP contribution in [0.3, 0.4) is 0 Å². The average molecular weight is 346 g/mol. The first kappa shape index (κ1) is 13.3. The third kappa shape index (κ3) is 3.66. The van der Waals surface area contributed by atoms with Gasteiger partial charge in [0.05, 0.1) is 19.3 Å². The predicted octanol–water partition coefficient (Wildman–Crippen LogP) is 3.52. The van der Waals surface area contributed by atoms with Crippen LogP contribution in [-0.4, -0.2) is 24.2 Å². The van der Waals surface area contributed by atoms with E-state index in [1.165, 1.54) is 11.1 Å². The topological polar surface area (TPSA) is 18.5 Å². The van der Waals surface area contributed by atoms with Gasteiger partial charge in [-0.1, -0.05) is 46.9 Å². The first-order valence-electron chi connectivity index (χ1n) is 6.12. The Morgan fingerprint density at radius 2 is 2.29 bits per heavy atom. The van der Waals surface area contributed by atoms with Crippen molar-refractivity contribution in [2.75, 3.05) is 24.2 Å². The van der Waals surface area contributed by atoms with E-state index in [0.717, 1.165) is 30.7 Å². The number of rotatable bonds is 5. The summed E-state index contributed by atoms with van der Waals surface area (Å²) in [5.41, 5.74) is 2.64. The van der Waals surface area contributed by atoms with Gasteiger partial charge in [-0.2, -0.15) is 0 Å². The maximum Gasteiger partial charge on any atom is 0.0916 e. The van der Waals surface area contributed by atoms with Crippen molar-refractivity contribution in [1.82, 2.24) is 0 Å². The van der Waals surface area contributed by atoms with Gasteiger partial charge in [0.15, 0.2) is 0 Å². The van der Waals surface area contributed by atoms with Crippen molar-refractivity contribution in [2.24, 2.45) is 5.92 Å². The lowest BCUT2D eigenvalue weighted by molar-refractivity contribution is 0.0399. The highest BCUT2D eigenvalue weighted by atomic mass is 127. The maximum atomic E-state index is 6.05. The van der Waals surface area contributed by atoms with Crippen LogP contribution in [0.25, 0.3) is 0 Å². The fourth-order valence-corrected chi connectivity index (χ4v) is 2.86. The fourth-order valence-electron chi connectivity index (χ4n) is 2.13. The van der Waals surface area contributed by atoms with Gasteiger partial charge in [0.25, 0.3) is 0 Å². The Morgan fingerprint density at radius 3 is 2.94 bits per heavy atom. The molecule has 0 spiro atoms. The highest BCUT2D eigenvalue weighted by molar-refractivity contribution is 14.1. The summed E-state index contributed by atoms with van der Waals surface area (Å²) in [6, 6.07) is 8.48.